The van der Waals surface area contributed by atoms with Gasteiger partial charge in [0.15, 0.2) is 11.5 Å². The fraction of sp³-hybridized carbons (Fsp3) is 0.588. The molecule has 3 aromatic rings. The normalized spacial score (nSPS) is 18.5. The average molecular weight is 353 g/mol. The smallest absolute Gasteiger partial charge is 0.178 e. The van der Waals surface area contributed by atoms with Crippen LogP contribution in [-0.2, 0) is 6.54 Å². The monoisotopic (exact) mass is 353 g/mol. The van der Waals surface area contributed by atoms with Gasteiger partial charge in [-0.3, -0.25) is 9.58 Å². The first-order valence-electron chi connectivity index (χ1n) is 9.28. The van der Waals surface area contributed by atoms with Crippen LogP contribution >= 0.6 is 0 Å². The highest BCUT2D eigenvalue weighted by molar-refractivity contribution is 5.48. The van der Waals surface area contributed by atoms with Crippen molar-refractivity contribution in [2.24, 2.45) is 0 Å². The molecule has 4 heterocycles. The maximum atomic E-state index is 4.82. The molecule has 1 saturated heterocycles. The Hall–Kier alpha value is -2.55. The summed E-state index contributed by atoms with van der Waals surface area (Å²) < 4.78 is 3.82. The molecule has 1 aliphatic carbocycles. The van der Waals surface area contributed by atoms with Gasteiger partial charge in [0.05, 0.1) is 6.54 Å². The molecule has 0 amide bonds. The van der Waals surface area contributed by atoms with Gasteiger partial charge in [0, 0.05) is 31.6 Å². The van der Waals surface area contributed by atoms with Gasteiger partial charge in [0.2, 0.25) is 0 Å². The molecule has 0 aromatic carbocycles. The highest BCUT2D eigenvalue weighted by Gasteiger charge is 2.31. The van der Waals surface area contributed by atoms with Gasteiger partial charge in [-0.15, -0.1) is 15.3 Å². The van der Waals surface area contributed by atoms with Crippen molar-refractivity contribution in [2.75, 3.05) is 31.6 Å². The van der Waals surface area contributed by atoms with Crippen molar-refractivity contribution in [1.29, 1.82) is 0 Å². The highest BCUT2D eigenvalue weighted by atomic mass is 15.4. The molecular weight excluding hydrogens is 330 g/mol. The molecule has 0 unspecified atom stereocenters. The predicted molar refractivity (Wildman–Crippen MR) is 96.0 cm³/mol. The van der Waals surface area contributed by atoms with Crippen molar-refractivity contribution in [3.63, 3.8) is 0 Å². The molecule has 2 aliphatic rings. The molecule has 9 nitrogen and oxygen atoms in total. The summed E-state index contributed by atoms with van der Waals surface area (Å²) in [6, 6.07) is 4.63. The lowest BCUT2D eigenvalue weighted by Crippen LogP contribution is -2.59. The molecule has 2 fully saturated rings. The third-order valence-electron chi connectivity index (χ3n) is 5.70. The lowest BCUT2D eigenvalue weighted by molar-refractivity contribution is 0.195. The van der Waals surface area contributed by atoms with Crippen LogP contribution in [0.3, 0.4) is 0 Å². The first-order chi connectivity index (χ1) is 12.8. The van der Waals surface area contributed by atoms with Crippen LogP contribution in [0.15, 0.2) is 24.8 Å². The molecule has 1 saturated carbocycles. The summed E-state index contributed by atoms with van der Waals surface area (Å²) in [4.78, 5) is 8.69. The van der Waals surface area contributed by atoms with Gasteiger partial charge < -0.3 is 4.90 Å². The van der Waals surface area contributed by atoms with Crippen molar-refractivity contribution < 1.29 is 0 Å². The van der Waals surface area contributed by atoms with Gasteiger partial charge >= 0.3 is 0 Å². The van der Waals surface area contributed by atoms with Gasteiger partial charge in [-0.25, -0.2) is 4.98 Å². The Bertz CT molecular complexity index is 877. The predicted octanol–water partition coefficient (Wildman–Crippen LogP) is 0.804. The van der Waals surface area contributed by atoms with Gasteiger partial charge in [0.1, 0.15) is 18.5 Å². The molecule has 1 aliphatic heterocycles. The van der Waals surface area contributed by atoms with Crippen LogP contribution in [-0.4, -0.2) is 72.2 Å². The third kappa shape index (κ3) is 2.72. The minimum atomic E-state index is 0.528. The van der Waals surface area contributed by atoms with Crippen molar-refractivity contribution in [2.45, 2.75) is 37.8 Å². The number of hydrogen-bond acceptors (Lipinski definition) is 7. The van der Waals surface area contributed by atoms with Gasteiger partial charge in [0.25, 0.3) is 0 Å². The molecule has 0 atom stereocenters. The van der Waals surface area contributed by atoms with Crippen LogP contribution in [0.5, 0.6) is 0 Å². The summed E-state index contributed by atoms with van der Waals surface area (Å²) >= 11 is 0. The Morgan fingerprint density at radius 2 is 2.08 bits per heavy atom. The first kappa shape index (κ1) is 15.7. The molecule has 5 rings (SSSR count). The summed E-state index contributed by atoms with van der Waals surface area (Å²) in [6.07, 6.45) is 7.03. The minimum Gasteiger partial charge on any atom is -0.352 e. The standard InChI is InChI=1S/C17H23N9/c1-23(7-8-25-12-18-11-19-25)14-9-24(10-14)16-6-5-15-20-21-17(26(15)22-16)13-3-2-4-13/h5-6,11-14H,2-4,7-10H2,1H3. The van der Waals surface area contributed by atoms with E-state index in [9.17, 15) is 0 Å². The molecule has 0 spiro atoms. The van der Waals surface area contributed by atoms with Crippen LogP contribution in [0.4, 0.5) is 5.82 Å². The van der Waals surface area contributed by atoms with Crippen LogP contribution in [0.1, 0.15) is 31.0 Å². The van der Waals surface area contributed by atoms with Crippen LogP contribution in [0.2, 0.25) is 0 Å². The molecule has 0 bridgehead atoms. The van der Waals surface area contributed by atoms with E-state index >= 15 is 0 Å². The van der Waals surface area contributed by atoms with E-state index in [0.29, 0.717) is 12.0 Å². The first-order valence-corrected chi connectivity index (χ1v) is 9.28. The van der Waals surface area contributed by atoms with Crippen molar-refractivity contribution in [1.82, 2.24) is 39.5 Å². The Morgan fingerprint density at radius 3 is 2.81 bits per heavy atom. The Labute approximate surface area is 151 Å². The minimum absolute atomic E-state index is 0.528. The van der Waals surface area contributed by atoms with Gasteiger partial charge in [-0.05, 0) is 32.0 Å². The molecule has 136 valence electrons. The molecule has 9 heteroatoms. The van der Waals surface area contributed by atoms with E-state index in [1.807, 2.05) is 15.3 Å². The summed E-state index contributed by atoms with van der Waals surface area (Å²) in [7, 11) is 2.17. The molecule has 3 aromatic heterocycles. The average Bonchev–Trinajstić information content (AvgIpc) is 3.20. The quantitative estimate of drug-likeness (QED) is 0.648. The zero-order valence-corrected chi connectivity index (χ0v) is 14.9. The maximum Gasteiger partial charge on any atom is 0.178 e. The van der Waals surface area contributed by atoms with E-state index < -0.39 is 0 Å². The lowest BCUT2D eigenvalue weighted by atomic mass is 9.85. The summed E-state index contributed by atoms with van der Waals surface area (Å²) in [5.74, 6) is 2.56. The number of aromatic nitrogens is 7. The number of rotatable bonds is 6. The summed E-state index contributed by atoms with van der Waals surface area (Å²) in [5, 5.41) is 17.6. The lowest BCUT2D eigenvalue weighted by Gasteiger charge is -2.44. The zero-order valence-electron chi connectivity index (χ0n) is 14.9. The van der Waals surface area contributed by atoms with E-state index in [2.05, 4.69) is 43.2 Å². The number of hydrogen-bond donors (Lipinski definition) is 0. The Morgan fingerprint density at radius 1 is 1.19 bits per heavy atom. The van der Waals surface area contributed by atoms with E-state index in [4.69, 9.17) is 5.10 Å². The highest BCUT2D eigenvalue weighted by Crippen LogP contribution is 2.35. The fourth-order valence-electron chi connectivity index (χ4n) is 3.60. The van der Waals surface area contributed by atoms with Gasteiger partial charge in [-0.1, -0.05) is 6.42 Å². The largest absolute Gasteiger partial charge is 0.352 e. The van der Waals surface area contributed by atoms with Crippen LogP contribution < -0.4 is 4.90 Å². The molecule has 0 radical (unpaired) electrons. The number of anilines is 1. The third-order valence-corrected chi connectivity index (χ3v) is 5.70. The SMILES string of the molecule is CN(CCn1cncn1)C1CN(c2ccc3nnc(C4CCC4)n3n2)C1. The molecule has 26 heavy (non-hydrogen) atoms. The Kier molecular flexibility index (Phi) is 3.81. The summed E-state index contributed by atoms with van der Waals surface area (Å²) in [6.45, 7) is 3.81. The second kappa shape index (κ2) is 6.31. The Balaban J connectivity index is 1.22. The summed E-state index contributed by atoms with van der Waals surface area (Å²) in [5.41, 5.74) is 0.845. The van der Waals surface area contributed by atoms with E-state index in [0.717, 1.165) is 43.5 Å². The molecular formula is C17H23N9. The van der Waals surface area contributed by atoms with Gasteiger partial charge in [-0.2, -0.15) is 9.61 Å². The molecule has 0 N–H and O–H groups in total. The van der Waals surface area contributed by atoms with Crippen molar-refractivity contribution in [3.05, 3.63) is 30.6 Å². The number of likely N-dealkylation sites (N-methyl/N-ethyl adjacent to an activating group) is 1. The van der Waals surface area contributed by atoms with E-state index in [-0.39, 0.29) is 0 Å². The maximum absolute atomic E-state index is 4.82. The van der Waals surface area contributed by atoms with Crippen LogP contribution in [0.25, 0.3) is 5.65 Å². The fourth-order valence-corrected chi connectivity index (χ4v) is 3.60. The number of nitrogens with zero attached hydrogens (tertiary/aromatic N) is 9. The van der Waals surface area contributed by atoms with Crippen molar-refractivity contribution >= 4 is 11.5 Å². The van der Waals surface area contributed by atoms with Crippen LogP contribution in [0, 0.1) is 0 Å². The second-order valence-electron chi connectivity index (χ2n) is 7.35. The zero-order chi connectivity index (χ0) is 17.5. The topological polar surface area (TPSA) is 80.3 Å². The van der Waals surface area contributed by atoms with E-state index in [1.54, 1.807) is 12.7 Å². The number of fused-ring (bicyclic) bond motifs is 1. The second-order valence-corrected chi connectivity index (χ2v) is 7.35. The van der Waals surface area contributed by atoms with E-state index in [1.165, 1.54) is 19.3 Å². The van der Waals surface area contributed by atoms with Crippen molar-refractivity contribution in [3.8, 4) is 0 Å².